The second kappa shape index (κ2) is 3.58. The Kier molecular flexibility index (Phi) is 2.85. The fourth-order valence-electron chi connectivity index (χ4n) is 2.87. The molecule has 0 aromatic carbocycles. The zero-order valence-electron chi connectivity index (χ0n) is 8.48. The van der Waals surface area contributed by atoms with Gasteiger partial charge in [0.15, 0.2) is 5.78 Å². The topological polar surface area (TPSA) is 17.1 Å². The van der Waals surface area contributed by atoms with E-state index in [4.69, 9.17) is 0 Å². The van der Waals surface area contributed by atoms with Gasteiger partial charge in [-0.15, -0.1) is 0 Å². The molecule has 0 heterocycles. The van der Waals surface area contributed by atoms with E-state index in [-0.39, 0.29) is 8.65 Å². The number of alkyl halides is 2. The van der Waals surface area contributed by atoms with Gasteiger partial charge in [0.1, 0.15) is 0 Å². The third-order valence-electron chi connectivity index (χ3n) is 3.80. The van der Waals surface area contributed by atoms with Crippen LogP contribution in [-0.4, -0.2) is 14.4 Å². The van der Waals surface area contributed by atoms with Crippen molar-refractivity contribution < 1.29 is 4.79 Å². The quantitative estimate of drug-likeness (QED) is 0.619. The Morgan fingerprint density at radius 1 is 1.21 bits per heavy atom. The smallest absolute Gasteiger partial charge is 0.166 e. The molecule has 0 aromatic heterocycles. The molecule has 0 radical (unpaired) electrons. The standard InChI is InChI=1S/C11H16Br2O/c1-10(12)7-5-8-4-2-3-6-11(8,13)9(10)14/h8H,2-7H2,1H3. The van der Waals surface area contributed by atoms with E-state index in [9.17, 15) is 4.79 Å². The van der Waals surface area contributed by atoms with E-state index in [2.05, 4.69) is 31.9 Å². The van der Waals surface area contributed by atoms with E-state index >= 15 is 0 Å². The van der Waals surface area contributed by atoms with Gasteiger partial charge in [0, 0.05) is 0 Å². The van der Waals surface area contributed by atoms with Crippen molar-refractivity contribution in [3.8, 4) is 0 Å². The third kappa shape index (κ3) is 1.60. The lowest BCUT2D eigenvalue weighted by Gasteiger charge is -2.47. The van der Waals surface area contributed by atoms with Gasteiger partial charge in [-0.2, -0.15) is 0 Å². The summed E-state index contributed by atoms with van der Waals surface area (Å²) in [5, 5.41) is 0. The van der Waals surface area contributed by atoms with Crippen LogP contribution >= 0.6 is 31.9 Å². The maximum Gasteiger partial charge on any atom is 0.166 e. The number of Topliss-reactive ketones (excluding diaryl/α,β-unsaturated/α-hetero) is 1. The molecule has 3 heteroatoms. The molecule has 2 aliphatic carbocycles. The van der Waals surface area contributed by atoms with Crippen LogP contribution in [0.2, 0.25) is 0 Å². The first-order valence-electron chi connectivity index (χ1n) is 5.39. The molecule has 1 nitrogen and oxygen atoms in total. The Labute approximate surface area is 102 Å². The van der Waals surface area contributed by atoms with Crippen molar-refractivity contribution in [2.75, 3.05) is 0 Å². The van der Waals surface area contributed by atoms with Crippen molar-refractivity contribution in [1.82, 2.24) is 0 Å². The van der Waals surface area contributed by atoms with Crippen molar-refractivity contribution >= 4 is 37.6 Å². The molecule has 0 N–H and O–H groups in total. The van der Waals surface area contributed by atoms with Crippen molar-refractivity contribution in [3.63, 3.8) is 0 Å². The van der Waals surface area contributed by atoms with Gasteiger partial charge in [0.05, 0.1) is 8.65 Å². The summed E-state index contributed by atoms with van der Waals surface area (Å²) in [5.74, 6) is 0.954. The predicted octanol–water partition coefficient (Wildman–Crippen LogP) is 3.83. The second-order valence-corrected chi connectivity index (χ2v) is 8.04. The first-order valence-corrected chi connectivity index (χ1v) is 6.98. The Hall–Kier alpha value is 0.630. The van der Waals surface area contributed by atoms with Gasteiger partial charge in [-0.25, -0.2) is 0 Å². The fraction of sp³-hybridized carbons (Fsp3) is 0.909. The number of hydrogen-bond acceptors (Lipinski definition) is 1. The minimum Gasteiger partial charge on any atom is -0.297 e. The van der Waals surface area contributed by atoms with Crippen molar-refractivity contribution in [3.05, 3.63) is 0 Å². The highest BCUT2D eigenvalue weighted by Crippen LogP contribution is 2.52. The van der Waals surface area contributed by atoms with E-state index in [1.165, 1.54) is 25.7 Å². The Morgan fingerprint density at radius 3 is 2.64 bits per heavy atom. The normalized spacial score (nSPS) is 48.8. The SMILES string of the molecule is CC1(Br)CCC2CCCCC2(Br)C1=O. The number of carbonyl (C=O) groups is 1. The lowest BCUT2D eigenvalue weighted by atomic mass is 9.67. The first-order chi connectivity index (χ1) is 6.47. The van der Waals surface area contributed by atoms with Gasteiger partial charge in [-0.3, -0.25) is 4.79 Å². The zero-order chi connectivity index (χ0) is 10.4. The molecule has 2 saturated carbocycles. The van der Waals surface area contributed by atoms with Crippen LogP contribution in [0.15, 0.2) is 0 Å². The highest BCUT2D eigenvalue weighted by Gasteiger charge is 2.54. The van der Waals surface area contributed by atoms with Crippen LogP contribution < -0.4 is 0 Å². The molecular formula is C11H16Br2O. The molecule has 3 atom stereocenters. The average molecular weight is 324 g/mol. The van der Waals surface area contributed by atoms with Crippen LogP contribution in [0.3, 0.4) is 0 Å². The molecule has 0 aliphatic heterocycles. The van der Waals surface area contributed by atoms with Crippen molar-refractivity contribution in [1.29, 1.82) is 0 Å². The monoisotopic (exact) mass is 322 g/mol. The number of hydrogen-bond donors (Lipinski definition) is 0. The van der Waals surface area contributed by atoms with E-state index in [0.717, 1.165) is 12.8 Å². The number of carbonyl (C=O) groups excluding carboxylic acids is 1. The summed E-state index contributed by atoms with van der Waals surface area (Å²) in [5.41, 5.74) is 0. The van der Waals surface area contributed by atoms with Crippen LogP contribution in [0.25, 0.3) is 0 Å². The summed E-state index contributed by atoms with van der Waals surface area (Å²) in [6.07, 6.45) is 6.90. The van der Waals surface area contributed by atoms with Gasteiger partial charge in [-0.05, 0) is 38.5 Å². The summed E-state index contributed by atoms with van der Waals surface area (Å²) in [6.45, 7) is 2.02. The van der Waals surface area contributed by atoms with Gasteiger partial charge in [0.2, 0.25) is 0 Å². The molecule has 0 aromatic rings. The van der Waals surface area contributed by atoms with Crippen LogP contribution in [0.4, 0.5) is 0 Å². The Balaban J connectivity index is 2.28. The molecule has 14 heavy (non-hydrogen) atoms. The fourth-order valence-corrected chi connectivity index (χ4v) is 4.89. The molecule has 0 amide bonds. The molecule has 0 spiro atoms. The molecule has 0 bridgehead atoms. The Morgan fingerprint density at radius 2 is 1.93 bits per heavy atom. The van der Waals surface area contributed by atoms with Gasteiger partial charge in [-0.1, -0.05) is 44.7 Å². The maximum atomic E-state index is 12.3. The molecule has 2 aliphatic rings. The summed E-state index contributed by atoms with van der Waals surface area (Å²) >= 11 is 7.31. The number of ketones is 1. The summed E-state index contributed by atoms with van der Waals surface area (Å²) in [7, 11) is 0. The van der Waals surface area contributed by atoms with Gasteiger partial charge >= 0.3 is 0 Å². The van der Waals surface area contributed by atoms with Crippen LogP contribution in [0, 0.1) is 5.92 Å². The largest absolute Gasteiger partial charge is 0.297 e. The predicted molar refractivity (Wildman–Crippen MR) is 65.2 cm³/mol. The molecule has 0 saturated heterocycles. The zero-order valence-corrected chi connectivity index (χ0v) is 11.7. The Bertz CT molecular complexity index is 262. The molecule has 80 valence electrons. The highest BCUT2D eigenvalue weighted by molar-refractivity contribution is 9.11. The van der Waals surface area contributed by atoms with Crippen LogP contribution in [0.5, 0.6) is 0 Å². The van der Waals surface area contributed by atoms with Crippen molar-refractivity contribution in [2.45, 2.75) is 54.1 Å². The molecule has 2 rings (SSSR count). The van der Waals surface area contributed by atoms with Crippen molar-refractivity contribution in [2.24, 2.45) is 5.92 Å². The van der Waals surface area contributed by atoms with Crippen LogP contribution in [-0.2, 0) is 4.79 Å². The van der Waals surface area contributed by atoms with Gasteiger partial charge < -0.3 is 0 Å². The number of fused-ring (bicyclic) bond motifs is 1. The minimum atomic E-state index is -0.287. The first kappa shape index (κ1) is 11.1. The van der Waals surface area contributed by atoms with Crippen LogP contribution in [0.1, 0.15) is 45.4 Å². The van der Waals surface area contributed by atoms with Gasteiger partial charge in [0.25, 0.3) is 0 Å². The number of rotatable bonds is 0. The lowest BCUT2D eigenvalue weighted by molar-refractivity contribution is -0.127. The average Bonchev–Trinajstić information content (AvgIpc) is 2.14. The second-order valence-electron chi connectivity index (χ2n) is 4.87. The van der Waals surface area contributed by atoms with E-state index in [1.54, 1.807) is 0 Å². The highest BCUT2D eigenvalue weighted by atomic mass is 79.9. The molecular weight excluding hydrogens is 308 g/mol. The molecule has 2 fully saturated rings. The summed E-state index contributed by atoms with van der Waals surface area (Å²) in [6, 6.07) is 0. The minimum absolute atomic E-state index is 0.207. The lowest BCUT2D eigenvalue weighted by Crippen LogP contribution is -2.54. The maximum absolute atomic E-state index is 12.3. The third-order valence-corrected chi connectivity index (χ3v) is 5.96. The van der Waals surface area contributed by atoms with E-state index < -0.39 is 0 Å². The number of halogens is 2. The van der Waals surface area contributed by atoms with E-state index in [0.29, 0.717) is 11.7 Å². The summed E-state index contributed by atoms with van der Waals surface area (Å²) < 4.78 is -0.494. The summed E-state index contributed by atoms with van der Waals surface area (Å²) in [4.78, 5) is 12.3. The molecule has 3 unspecified atom stereocenters. The van der Waals surface area contributed by atoms with E-state index in [1.807, 2.05) is 6.92 Å².